The third kappa shape index (κ3) is 6.27. The molecule has 7 nitrogen and oxygen atoms in total. The van der Waals surface area contributed by atoms with Crippen molar-refractivity contribution in [1.82, 2.24) is 9.78 Å². The zero-order valence-corrected chi connectivity index (χ0v) is 22.0. The lowest BCUT2D eigenvalue weighted by molar-refractivity contribution is -0.0894. The molecule has 4 rings (SSSR count). The number of esters is 1. The fourth-order valence-electron chi connectivity index (χ4n) is 5.61. The van der Waals surface area contributed by atoms with E-state index in [0.29, 0.717) is 19.3 Å². The summed E-state index contributed by atoms with van der Waals surface area (Å²) in [6, 6.07) is 9.08. The number of hydrogen-bond acceptors (Lipinski definition) is 6. The predicted octanol–water partition coefficient (Wildman–Crippen LogP) is 5.68. The highest BCUT2D eigenvalue weighted by atomic mass is 19.4. The second-order valence-corrected chi connectivity index (χ2v) is 10.2. The molecule has 2 atom stereocenters. The number of benzene rings is 1. The van der Waals surface area contributed by atoms with Crippen LogP contribution in [0.25, 0.3) is 0 Å². The summed E-state index contributed by atoms with van der Waals surface area (Å²) in [5.74, 6) is -1.60. The summed E-state index contributed by atoms with van der Waals surface area (Å²) in [5, 5.41) is 15.1. The Kier molecular flexibility index (Phi) is 8.64. The molecule has 0 radical (unpaired) electrons. The summed E-state index contributed by atoms with van der Waals surface area (Å²) >= 11 is 0. The number of aromatic nitrogens is 2. The van der Waals surface area contributed by atoms with Crippen LogP contribution in [-0.4, -0.2) is 33.6 Å². The van der Waals surface area contributed by atoms with Gasteiger partial charge < -0.3 is 14.6 Å². The summed E-state index contributed by atoms with van der Waals surface area (Å²) in [7, 11) is 0. The molecule has 0 aliphatic heterocycles. The Labute approximate surface area is 224 Å². The van der Waals surface area contributed by atoms with Gasteiger partial charge in [-0.25, -0.2) is 4.79 Å². The van der Waals surface area contributed by atoms with Crippen LogP contribution in [-0.2, 0) is 17.9 Å². The number of halogens is 3. The van der Waals surface area contributed by atoms with Crippen LogP contribution in [0.3, 0.4) is 0 Å². The molecule has 10 heteroatoms. The molecule has 2 aliphatic carbocycles. The number of hydrogen-bond donors (Lipinski definition) is 1. The van der Waals surface area contributed by atoms with Gasteiger partial charge in [-0.15, -0.1) is 0 Å². The maximum absolute atomic E-state index is 13.6. The Morgan fingerprint density at radius 1 is 1.23 bits per heavy atom. The number of ether oxygens (including phenoxy) is 2. The second kappa shape index (κ2) is 11.8. The van der Waals surface area contributed by atoms with E-state index in [9.17, 15) is 27.9 Å². The van der Waals surface area contributed by atoms with E-state index in [1.165, 1.54) is 17.7 Å². The predicted molar refractivity (Wildman–Crippen MR) is 138 cm³/mol. The first-order valence-corrected chi connectivity index (χ1v) is 13.2. The lowest BCUT2D eigenvalue weighted by atomic mass is 9.70. The standard InChI is InChI=1S/C29H33F3N2O5/c1-3-38-27(37)23-25(36)26(39-17-20-10-5-4-6-11-20)24(19(2)35)34(33-23)18-28(14-7-8-15-28)21-12-9-13-22(16-21)29(30,31)32/h4-6,9-11,13,16,19,21,35H,3,7-8,12,14-15,17-18H2,1-2H3. The van der Waals surface area contributed by atoms with Crippen molar-refractivity contribution in [3.63, 3.8) is 0 Å². The average Bonchev–Trinajstić information content (AvgIpc) is 3.38. The van der Waals surface area contributed by atoms with Crippen LogP contribution in [0.15, 0.2) is 58.9 Å². The molecule has 1 aromatic carbocycles. The summed E-state index contributed by atoms with van der Waals surface area (Å²) in [6.07, 6.45) is 1.59. The SMILES string of the molecule is CCOC(=O)c1nn(CC2(C3C=C(C(F)(F)F)C=CC3)CCCC2)c(C(C)O)c(OCc2ccccc2)c1=O. The van der Waals surface area contributed by atoms with Gasteiger partial charge in [0.2, 0.25) is 5.69 Å². The van der Waals surface area contributed by atoms with Gasteiger partial charge in [-0.2, -0.15) is 18.3 Å². The van der Waals surface area contributed by atoms with Gasteiger partial charge in [-0.1, -0.05) is 61.4 Å². The van der Waals surface area contributed by atoms with Crippen molar-refractivity contribution in [2.45, 2.75) is 71.4 Å². The molecule has 2 unspecified atom stereocenters. The lowest BCUT2D eigenvalue weighted by Crippen LogP contribution is -2.37. The Morgan fingerprint density at radius 3 is 2.54 bits per heavy atom. The highest BCUT2D eigenvalue weighted by Gasteiger charge is 2.44. The molecule has 1 fully saturated rings. The van der Waals surface area contributed by atoms with Crippen molar-refractivity contribution in [3.05, 3.63) is 81.3 Å². The third-order valence-corrected chi connectivity index (χ3v) is 7.49. The van der Waals surface area contributed by atoms with Crippen LogP contribution in [0, 0.1) is 11.3 Å². The Morgan fingerprint density at radius 2 is 1.92 bits per heavy atom. The summed E-state index contributed by atoms with van der Waals surface area (Å²) in [6.45, 7) is 3.17. The molecular formula is C29H33F3N2O5. The number of carbonyl (C=O) groups is 1. The van der Waals surface area contributed by atoms with Crippen LogP contribution in [0.1, 0.15) is 73.8 Å². The normalized spacial score (nSPS) is 19.4. The van der Waals surface area contributed by atoms with Gasteiger partial charge in [0.25, 0.3) is 5.43 Å². The first-order valence-electron chi connectivity index (χ1n) is 13.2. The van der Waals surface area contributed by atoms with E-state index in [-0.39, 0.29) is 31.2 Å². The molecule has 39 heavy (non-hydrogen) atoms. The smallest absolute Gasteiger partial charge is 0.416 e. The Bertz CT molecular complexity index is 1290. The number of rotatable bonds is 9. The van der Waals surface area contributed by atoms with E-state index in [4.69, 9.17) is 9.47 Å². The van der Waals surface area contributed by atoms with E-state index in [2.05, 4.69) is 5.10 Å². The molecule has 2 aromatic rings. The zero-order valence-electron chi connectivity index (χ0n) is 22.0. The van der Waals surface area contributed by atoms with Gasteiger partial charge in [0, 0.05) is 6.54 Å². The van der Waals surface area contributed by atoms with Crippen molar-refractivity contribution >= 4 is 5.97 Å². The number of aliphatic hydroxyl groups excluding tert-OH is 1. The number of carbonyl (C=O) groups excluding carboxylic acids is 1. The first-order chi connectivity index (χ1) is 18.6. The molecule has 210 valence electrons. The average molecular weight is 547 g/mol. The van der Waals surface area contributed by atoms with E-state index >= 15 is 0 Å². The fraction of sp³-hybridized carbons (Fsp3) is 0.483. The molecule has 1 aromatic heterocycles. The Balaban J connectivity index is 1.82. The molecule has 1 saturated carbocycles. The van der Waals surface area contributed by atoms with Crippen LogP contribution in [0.4, 0.5) is 13.2 Å². The molecule has 0 spiro atoms. The first kappa shape index (κ1) is 28.6. The van der Waals surface area contributed by atoms with Crippen molar-refractivity contribution < 1.29 is 32.5 Å². The maximum Gasteiger partial charge on any atom is 0.416 e. The van der Waals surface area contributed by atoms with Gasteiger partial charge in [0.05, 0.1) is 18.3 Å². The van der Waals surface area contributed by atoms with Gasteiger partial charge in [-0.3, -0.25) is 9.48 Å². The molecule has 2 aliphatic rings. The molecule has 0 bridgehead atoms. The van der Waals surface area contributed by atoms with Gasteiger partial charge in [0.15, 0.2) is 5.75 Å². The molecule has 1 heterocycles. The molecule has 0 saturated heterocycles. The quantitative estimate of drug-likeness (QED) is 0.407. The summed E-state index contributed by atoms with van der Waals surface area (Å²) < 4.78 is 53.1. The van der Waals surface area contributed by atoms with Crippen molar-refractivity contribution in [1.29, 1.82) is 0 Å². The summed E-state index contributed by atoms with van der Waals surface area (Å²) in [5.41, 5.74) is -1.78. The minimum absolute atomic E-state index is 0.00166. The highest BCUT2D eigenvalue weighted by molar-refractivity contribution is 5.87. The zero-order chi connectivity index (χ0) is 28.2. The van der Waals surface area contributed by atoms with Crippen LogP contribution < -0.4 is 10.2 Å². The topological polar surface area (TPSA) is 90.7 Å². The number of allylic oxidation sites excluding steroid dienone is 4. The fourth-order valence-corrected chi connectivity index (χ4v) is 5.61. The van der Waals surface area contributed by atoms with Gasteiger partial charge in [0.1, 0.15) is 12.3 Å². The molecule has 0 amide bonds. The van der Waals surface area contributed by atoms with E-state index < -0.39 is 46.3 Å². The minimum atomic E-state index is -4.47. The van der Waals surface area contributed by atoms with Crippen molar-refractivity contribution in [2.75, 3.05) is 6.61 Å². The van der Waals surface area contributed by atoms with Crippen LogP contribution in [0.5, 0.6) is 5.75 Å². The van der Waals surface area contributed by atoms with Crippen molar-refractivity contribution in [3.8, 4) is 5.75 Å². The second-order valence-electron chi connectivity index (χ2n) is 10.2. The van der Waals surface area contributed by atoms with E-state index in [1.807, 2.05) is 30.3 Å². The number of nitrogens with zero attached hydrogens (tertiary/aromatic N) is 2. The summed E-state index contributed by atoms with van der Waals surface area (Å²) in [4.78, 5) is 26.1. The highest BCUT2D eigenvalue weighted by Crippen LogP contribution is 2.50. The number of alkyl halides is 3. The van der Waals surface area contributed by atoms with Gasteiger partial charge >= 0.3 is 12.1 Å². The third-order valence-electron chi connectivity index (χ3n) is 7.49. The minimum Gasteiger partial charge on any atom is -0.483 e. The molecule has 1 N–H and O–H groups in total. The lowest BCUT2D eigenvalue weighted by Gasteiger charge is -2.38. The maximum atomic E-state index is 13.6. The van der Waals surface area contributed by atoms with E-state index in [0.717, 1.165) is 24.5 Å². The van der Waals surface area contributed by atoms with Crippen molar-refractivity contribution in [2.24, 2.45) is 11.3 Å². The van der Waals surface area contributed by atoms with Crippen LogP contribution in [0.2, 0.25) is 0 Å². The van der Waals surface area contributed by atoms with E-state index in [1.54, 1.807) is 13.0 Å². The molecular weight excluding hydrogens is 513 g/mol. The largest absolute Gasteiger partial charge is 0.483 e. The van der Waals surface area contributed by atoms with Gasteiger partial charge in [-0.05, 0) is 50.0 Å². The van der Waals surface area contributed by atoms with Crippen LogP contribution >= 0.6 is 0 Å². The number of aliphatic hydroxyl groups is 1. The monoisotopic (exact) mass is 546 g/mol. The Hall–Kier alpha value is -3.40.